The summed E-state index contributed by atoms with van der Waals surface area (Å²) in [4.78, 5) is 7.14. The molecular formula is C24H36N6. The molecule has 0 aliphatic carbocycles. The Morgan fingerprint density at radius 2 is 1.97 bits per heavy atom. The number of fused-ring (bicyclic) bond motifs is 1. The molecule has 6 nitrogen and oxygen atoms in total. The van der Waals surface area contributed by atoms with Crippen LogP contribution in [0.15, 0.2) is 48.9 Å². The van der Waals surface area contributed by atoms with E-state index in [0.717, 1.165) is 60.3 Å². The number of nitrogens with one attached hydrogen (secondary N) is 1. The van der Waals surface area contributed by atoms with E-state index in [1.807, 2.05) is 18.3 Å². The number of nitrogens with two attached hydrogens (primary N) is 2. The second-order valence-corrected chi connectivity index (χ2v) is 9.64. The van der Waals surface area contributed by atoms with Crippen molar-refractivity contribution in [3.05, 3.63) is 54.5 Å². The Kier molecular flexibility index (Phi) is 6.68. The van der Waals surface area contributed by atoms with Gasteiger partial charge in [0.1, 0.15) is 5.82 Å². The van der Waals surface area contributed by atoms with Gasteiger partial charge in [0.05, 0.1) is 5.70 Å². The molecule has 6 heteroatoms. The zero-order valence-corrected chi connectivity index (χ0v) is 18.8. The van der Waals surface area contributed by atoms with E-state index in [1.54, 1.807) is 13.2 Å². The highest BCUT2D eigenvalue weighted by Gasteiger charge is 2.24. The van der Waals surface area contributed by atoms with Gasteiger partial charge >= 0.3 is 0 Å². The fourth-order valence-corrected chi connectivity index (χ4v) is 4.06. The van der Waals surface area contributed by atoms with Crippen molar-refractivity contribution in [2.75, 3.05) is 32.0 Å². The number of piperidine rings is 1. The van der Waals surface area contributed by atoms with Crippen LogP contribution < -0.4 is 16.9 Å². The van der Waals surface area contributed by atoms with Gasteiger partial charge in [0.15, 0.2) is 0 Å². The molecule has 30 heavy (non-hydrogen) atoms. The molecule has 162 valence electrons. The molecule has 0 saturated carbocycles. The monoisotopic (exact) mass is 408 g/mol. The van der Waals surface area contributed by atoms with E-state index in [9.17, 15) is 0 Å². The molecule has 0 unspecified atom stereocenters. The van der Waals surface area contributed by atoms with E-state index in [0.29, 0.717) is 17.0 Å². The lowest BCUT2D eigenvalue weighted by molar-refractivity contribution is 0.146. The molecule has 0 spiro atoms. The van der Waals surface area contributed by atoms with Crippen molar-refractivity contribution in [1.29, 1.82) is 0 Å². The molecule has 5 N–H and O–H groups in total. The van der Waals surface area contributed by atoms with E-state index in [2.05, 4.69) is 54.7 Å². The minimum atomic E-state index is 0.341. The van der Waals surface area contributed by atoms with Gasteiger partial charge in [0.25, 0.3) is 0 Å². The van der Waals surface area contributed by atoms with Gasteiger partial charge in [0.2, 0.25) is 0 Å². The standard InChI is InChI=1S/C24H36N6/c1-17(18-8-10-30(11-9-18)16-24(2,3)4)28-23-13-21-12-19(22(25)15-29(5)26)6-7-20(21)14-27-23/h6-7,12-15,18H,1,8-11,16,25-26H2,2-5H3,(H,27,28)/b22-15-. The molecule has 1 aliphatic rings. The van der Waals surface area contributed by atoms with Gasteiger partial charge in [-0.1, -0.05) is 39.5 Å². The molecule has 1 aromatic carbocycles. The van der Waals surface area contributed by atoms with Gasteiger partial charge in [-0.2, -0.15) is 0 Å². The van der Waals surface area contributed by atoms with Gasteiger partial charge in [-0.3, -0.25) is 0 Å². The Morgan fingerprint density at radius 3 is 2.60 bits per heavy atom. The molecule has 1 fully saturated rings. The third kappa shape index (κ3) is 5.97. The normalized spacial score (nSPS) is 16.6. The van der Waals surface area contributed by atoms with Crippen LogP contribution in [0.2, 0.25) is 0 Å². The molecule has 2 aromatic rings. The number of pyridine rings is 1. The summed E-state index contributed by atoms with van der Waals surface area (Å²) in [5.41, 5.74) is 9.09. The van der Waals surface area contributed by atoms with Crippen LogP contribution in [0.5, 0.6) is 0 Å². The summed E-state index contributed by atoms with van der Waals surface area (Å²) in [7, 11) is 1.75. The number of anilines is 1. The predicted octanol–water partition coefficient (Wildman–Crippen LogP) is 3.98. The van der Waals surface area contributed by atoms with Crippen molar-refractivity contribution in [3.63, 3.8) is 0 Å². The van der Waals surface area contributed by atoms with E-state index in [-0.39, 0.29) is 0 Å². The fourth-order valence-electron chi connectivity index (χ4n) is 4.06. The molecule has 0 bridgehead atoms. The average Bonchev–Trinajstić information content (AvgIpc) is 2.66. The number of nitrogens with zero attached hydrogens (tertiary/aromatic N) is 3. The maximum atomic E-state index is 6.14. The van der Waals surface area contributed by atoms with Crippen molar-refractivity contribution >= 4 is 22.3 Å². The Bertz CT molecular complexity index is 917. The summed E-state index contributed by atoms with van der Waals surface area (Å²) < 4.78 is 0. The van der Waals surface area contributed by atoms with Crippen LogP contribution in [0.1, 0.15) is 39.2 Å². The van der Waals surface area contributed by atoms with Gasteiger partial charge in [-0.25, -0.2) is 10.8 Å². The van der Waals surface area contributed by atoms with Crippen LogP contribution in [0.4, 0.5) is 5.82 Å². The highest BCUT2D eigenvalue weighted by molar-refractivity contribution is 5.87. The highest BCUT2D eigenvalue weighted by atomic mass is 15.4. The van der Waals surface area contributed by atoms with Crippen LogP contribution in [0.3, 0.4) is 0 Å². The summed E-state index contributed by atoms with van der Waals surface area (Å²) in [6.45, 7) is 14.6. The maximum Gasteiger partial charge on any atom is 0.130 e. The SMILES string of the molecule is C=C(Nc1cc2cc(/C(N)=C/N(C)N)ccc2cn1)C1CCN(CC(C)(C)C)CC1. The Hall–Kier alpha value is -2.57. The predicted molar refractivity (Wildman–Crippen MR) is 127 cm³/mol. The van der Waals surface area contributed by atoms with E-state index in [1.165, 1.54) is 5.01 Å². The van der Waals surface area contributed by atoms with Gasteiger partial charge in [-0.05, 0) is 54.4 Å². The Morgan fingerprint density at radius 1 is 1.27 bits per heavy atom. The van der Waals surface area contributed by atoms with Crippen molar-refractivity contribution < 1.29 is 0 Å². The van der Waals surface area contributed by atoms with E-state index >= 15 is 0 Å². The second-order valence-electron chi connectivity index (χ2n) is 9.64. The van der Waals surface area contributed by atoms with Crippen molar-refractivity contribution in [2.45, 2.75) is 33.6 Å². The van der Waals surface area contributed by atoms with Crippen LogP contribution in [-0.4, -0.2) is 41.6 Å². The molecule has 0 amide bonds. The van der Waals surface area contributed by atoms with E-state index < -0.39 is 0 Å². The highest BCUT2D eigenvalue weighted by Crippen LogP contribution is 2.28. The number of hydrogen-bond acceptors (Lipinski definition) is 6. The number of likely N-dealkylation sites (tertiary alicyclic amines) is 1. The third-order valence-corrected chi connectivity index (χ3v) is 5.46. The molecule has 1 aromatic heterocycles. The molecule has 3 rings (SSSR count). The first-order valence-corrected chi connectivity index (χ1v) is 10.6. The summed E-state index contributed by atoms with van der Waals surface area (Å²) in [6, 6.07) is 8.12. The summed E-state index contributed by atoms with van der Waals surface area (Å²) in [6.07, 6.45) is 5.85. The number of hydrazine groups is 1. The van der Waals surface area contributed by atoms with E-state index in [4.69, 9.17) is 11.6 Å². The van der Waals surface area contributed by atoms with Gasteiger partial charge in [-0.15, -0.1) is 0 Å². The zero-order valence-electron chi connectivity index (χ0n) is 18.8. The number of aromatic nitrogens is 1. The molecule has 1 saturated heterocycles. The molecule has 0 atom stereocenters. The molecular weight excluding hydrogens is 372 g/mol. The smallest absolute Gasteiger partial charge is 0.130 e. The minimum Gasteiger partial charge on any atom is -0.397 e. The largest absolute Gasteiger partial charge is 0.397 e. The first-order chi connectivity index (χ1) is 14.1. The second kappa shape index (κ2) is 9.06. The summed E-state index contributed by atoms with van der Waals surface area (Å²) in [5.74, 6) is 6.97. The number of hydrogen-bond donors (Lipinski definition) is 3. The minimum absolute atomic E-state index is 0.341. The lowest BCUT2D eigenvalue weighted by Gasteiger charge is -2.36. The van der Waals surface area contributed by atoms with Crippen molar-refractivity contribution in [3.8, 4) is 0 Å². The molecule has 2 heterocycles. The molecule has 1 aliphatic heterocycles. The van der Waals surface area contributed by atoms with Crippen LogP contribution in [0, 0.1) is 11.3 Å². The lowest BCUT2D eigenvalue weighted by Crippen LogP contribution is -2.39. The first-order valence-electron chi connectivity index (χ1n) is 10.6. The molecule has 0 radical (unpaired) electrons. The third-order valence-electron chi connectivity index (χ3n) is 5.46. The van der Waals surface area contributed by atoms with Crippen molar-refractivity contribution in [1.82, 2.24) is 14.9 Å². The topological polar surface area (TPSA) is 83.4 Å². The quantitative estimate of drug-likeness (QED) is 0.495. The first kappa shape index (κ1) is 22.1. The van der Waals surface area contributed by atoms with Crippen LogP contribution in [-0.2, 0) is 0 Å². The number of allylic oxidation sites excluding steroid dienone is 1. The summed E-state index contributed by atoms with van der Waals surface area (Å²) in [5, 5.41) is 7.05. The van der Waals surface area contributed by atoms with Gasteiger partial charge < -0.3 is 21.0 Å². The van der Waals surface area contributed by atoms with Gasteiger partial charge in [0, 0.05) is 43.0 Å². The lowest BCUT2D eigenvalue weighted by atomic mass is 9.90. The summed E-state index contributed by atoms with van der Waals surface area (Å²) >= 11 is 0. The maximum absolute atomic E-state index is 6.14. The fraction of sp³-hybridized carbons (Fsp3) is 0.458. The Labute approximate surface area is 180 Å². The number of rotatable bonds is 6. The Balaban J connectivity index is 1.66. The van der Waals surface area contributed by atoms with Crippen LogP contribution in [0.25, 0.3) is 16.5 Å². The van der Waals surface area contributed by atoms with Crippen LogP contribution >= 0.6 is 0 Å². The average molecular weight is 409 g/mol. The number of benzene rings is 1. The van der Waals surface area contributed by atoms with Crippen molar-refractivity contribution in [2.24, 2.45) is 22.9 Å². The zero-order chi connectivity index (χ0) is 21.9.